The zero-order valence-corrected chi connectivity index (χ0v) is 15.3. The van der Waals surface area contributed by atoms with E-state index in [0.717, 1.165) is 12.1 Å². The zero-order chi connectivity index (χ0) is 19.8. The quantitative estimate of drug-likeness (QED) is 0.429. The number of H-pyrrole nitrogens is 1. The van der Waals surface area contributed by atoms with Gasteiger partial charge in [0, 0.05) is 12.1 Å². The van der Waals surface area contributed by atoms with Crippen molar-refractivity contribution in [3.8, 4) is 0 Å². The number of hydrogen-bond donors (Lipinski definition) is 5. The molecule has 0 amide bonds. The minimum Gasteiger partial charge on any atom is -0.394 e. The SMILES string of the molecule is CCc1ccc(Nc2nc3c(=O)[nH]c(N)nc3n2[C@H]2C[C@H](O)[C@@H](CO)O2)cc1. The van der Waals surface area contributed by atoms with E-state index in [2.05, 4.69) is 27.2 Å². The van der Waals surface area contributed by atoms with Gasteiger partial charge in [0.15, 0.2) is 11.2 Å². The molecule has 0 saturated carbocycles. The summed E-state index contributed by atoms with van der Waals surface area (Å²) in [6.07, 6.45) is -1.09. The highest BCUT2D eigenvalue weighted by atomic mass is 16.5. The lowest BCUT2D eigenvalue weighted by Crippen LogP contribution is -2.24. The number of fused-ring (bicyclic) bond motifs is 1. The number of aromatic nitrogens is 4. The predicted molar refractivity (Wildman–Crippen MR) is 103 cm³/mol. The Morgan fingerprint density at radius 2 is 2.11 bits per heavy atom. The molecule has 0 unspecified atom stereocenters. The molecule has 0 aliphatic carbocycles. The second-order valence-corrected chi connectivity index (χ2v) is 6.72. The van der Waals surface area contributed by atoms with Crippen LogP contribution in [-0.4, -0.2) is 48.5 Å². The van der Waals surface area contributed by atoms with Gasteiger partial charge in [-0.2, -0.15) is 4.98 Å². The van der Waals surface area contributed by atoms with Gasteiger partial charge >= 0.3 is 0 Å². The van der Waals surface area contributed by atoms with Crippen LogP contribution in [0, 0.1) is 0 Å². The summed E-state index contributed by atoms with van der Waals surface area (Å²) in [5.74, 6) is 0.286. The van der Waals surface area contributed by atoms with Gasteiger partial charge in [-0.05, 0) is 24.1 Å². The number of anilines is 3. The normalized spacial score (nSPS) is 22.0. The zero-order valence-electron chi connectivity index (χ0n) is 15.3. The molecule has 148 valence electrons. The second-order valence-electron chi connectivity index (χ2n) is 6.72. The third-order valence-corrected chi connectivity index (χ3v) is 4.86. The maximum Gasteiger partial charge on any atom is 0.280 e. The van der Waals surface area contributed by atoms with Gasteiger partial charge in [0.2, 0.25) is 11.9 Å². The van der Waals surface area contributed by atoms with Gasteiger partial charge in [0.1, 0.15) is 12.3 Å². The fourth-order valence-electron chi connectivity index (χ4n) is 3.35. The van der Waals surface area contributed by atoms with E-state index in [4.69, 9.17) is 10.5 Å². The Balaban J connectivity index is 1.80. The fraction of sp³-hybridized carbons (Fsp3) is 0.389. The first kappa shape index (κ1) is 18.4. The van der Waals surface area contributed by atoms with Crippen molar-refractivity contribution in [1.82, 2.24) is 19.5 Å². The third kappa shape index (κ3) is 3.21. The summed E-state index contributed by atoms with van der Waals surface area (Å²) >= 11 is 0. The molecule has 10 heteroatoms. The molecule has 2 aromatic heterocycles. The van der Waals surface area contributed by atoms with Crippen molar-refractivity contribution in [2.24, 2.45) is 0 Å². The van der Waals surface area contributed by atoms with Gasteiger partial charge < -0.3 is 26.0 Å². The lowest BCUT2D eigenvalue weighted by atomic mass is 10.1. The van der Waals surface area contributed by atoms with Crippen LogP contribution in [0.2, 0.25) is 0 Å². The number of benzene rings is 1. The number of rotatable bonds is 5. The number of ether oxygens (including phenoxy) is 1. The van der Waals surface area contributed by atoms with E-state index in [0.29, 0.717) is 5.95 Å². The predicted octanol–water partition coefficient (Wildman–Crippen LogP) is 0.648. The van der Waals surface area contributed by atoms with E-state index in [-0.39, 0.29) is 30.1 Å². The third-order valence-electron chi connectivity index (χ3n) is 4.86. The summed E-state index contributed by atoms with van der Waals surface area (Å²) < 4.78 is 7.35. The van der Waals surface area contributed by atoms with E-state index in [1.54, 1.807) is 4.57 Å². The number of aromatic amines is 1. The molecule has 28 heavy (non-hydrogen) atoms. The lowest BCUT2D eigenvalue weighted by Gasteiger charge is -2.17. The largest absolute Gasteiger partial charge is 0.394 e. The number of nitrogens with one attached hydrogen (secondary N) is 2. The molecule has 1 fully saturated rings. The molecule has 3 atom stereocenters. The van der Waals surface area contributed by atoms with Crippen LogP contribution in [0.3, 0.4) is 0 Å². The summed E-state index contributed by atoms with van der Waals surface area (Å²) in [6.45, 7) is 1.76. The molecule has 1 aliphatic rings. The monoisotopic (exact) mass is 386 g/mol. The summed E-state index contributed by atoms with van der Waals surface area (Å²) in [5, 5.41) is 22.7. The van der Waals surface area contributed by atoms with Crippen molar-refractivity contribution in [2.75, 3.05) is 17.7 Å². The van der Waals surface area contributed by atoms with Crippen molar-refractivity contribution >= 4 is 28.7 Å². The summed E-state index contributed by atoms with van der Waals surface area (Å²) in [7, 11) is 0. The maximum absolute atomic E-state index is 12.3. The van der Waals surface area contributed by atoms with E-state index in [9.17, 15) is 15.0 Å². The minimum absolute atomic E-state index is 0.0465. The summed E-state index contributed by atoms with van der Waals surface area (Å²) in [4.78, 5) is 23.3. The van der Waals surface area contributed by atoms with Crippen LogP contribution in [0.5, 0.6) is 0 Å². The van der Waals surface area contributed by atoms with Gasteiger partial charge in [0.05, 0.1) is 12.7 Å². The molecule has 1 aliphatic heterocycles. The maximum atomic E-state index is 12.3. The molecule has 6 N–H and O–H groups in total. The first-order valence-electron chi connectivity index (χ1n) is 9.08. The van der Waals surface area contributed by atoms with Crippen LogP contribution >= 0.6 is 0 Å². The van der Waals surface area contributed by atoms with Gasteiger partial charge in [-0.1, -0.05) is 19.1 Å². The van der Waals surface area contributed by atoms with Crippen LogP contribution < -0.4 is 16.6 Å². The highest BCUT2D eigenvalue weighted by Gasteiger charge is 2.37. The summed E-state index contributed by atoms with van der Waals surface area (Å²) in [5.41, 5.74) is 7.55. The number of aliphatic hydroxyl groups excluding tert-OH is 2. The number of nitrogens with zero attached hydrogens (tertiary/aromatic N) is 3. The van der Waals surface area contributed by atoms with Crippen molar-refractivity contribution in [3.63, 3.8) is 0 Å². The smallest absolute Gasteiger partial charge is 0.280 e. The minimum atomic E-state index is -0.844. The fourth-order valence-corrected chi connectivity index (χ4v) is 3.35. The first-order chi connectivity index (χ1) is 13.5. The molecular weight excluding hydrogens is 364 g/mol. The topological polar surface area (TPSA) is 151 Å². The van der Waals surface area contributed by atoms with E-state index < -0.39 is 24.0 Å². The van der Waals surface area contributed by atoms with Crippen molar-refractivity contribution < 1.29 is 14.9 Å². The second kappa shape index (κ2) is 7.23. The van der Waals surface area contributed by atoms with Crippen LogP contribution in [0.25, 0.3) is 11.2 Å². The number of nitrogen functional groups attached to an aromatic ring is 1. The first-order valence-corrected chi connectivity index (χ1v) is 9.08. The number of nitrogens with two attached hydrogens (primary N) is 1. The van der Waals surface area contributed by atoms with Crippen molar-refractivity contribution in [2.45, 2.75) is 38.2 Å². The van der Waals surface area contributed by atoms with Gasteiger partial charge in [-0.25, -0.2) is 4.98 Å². The molecule has 10 nitrogen and oxygen atoms in total. The number of imidazole rings is 1. The molecule has 0 bridgehead atoms. The highest BCUT2D eigenvalue weighted by molar-refractivity contribution is 5.76. The van der Waals surface area contributed by atoms with Crippen LogP contribution in [0.1, 0.15) is 25.1 Å². The number of hydrogen-bond acceptors (Lipinski definition) is 8. The molecule has 0 radical (unpaired) electrons. The van der Waals surface area contributed by atoms with Crippen molar-refractivity contribution in [3.05, 3.63) is 40.2 Å². The van der Waals surface area contributed by atoms with E-state index in [1.807, 2.05) is 24.3 Å². The molecule has 3 aromatic rings. The van der Waals surface area contributed by atoms with Gasteiger partial charge in [-0.3, -0.25) is 14.3 Å². The average Bonchev–Trinajstić information content (AvgIpc) is 3.22. The van der Waals surface area contributed by atoms with Crippen LogP contribution in [0.15, 0.2) is 29.1 Å². The Morgan fingerprint density at radius 1 is 1.36 bits per heavy atom. The molecule has 1 saturated heterocycles. The summed E-state index contributed by atoms with van der Waals surface area (Å²) in [6, 6.07) is 7.82. The Morgan fingerprint density at radius 3 is 2.75 bits per heavy atom. The molecule has 3 heterocycles. The lowest BCUT2D eigenvalue weighted by molar-refractivity contribution is -0.0425. The average molecular weight is 386 g/mol. The molecular formula is C18H22N6O4. The Bertz CT molecular complexity index is 1040. The Hall–Kier alpha value is -2.95. The molecule has 0 spiro atoms. The molecule has 1 aromatic carbocycles. The Labute approximate surface area is 160 Å². The van der Waals surface area contributed by atoms with Gasteiger partial charge in [0.25, 0.3) is 5.56 Å². The van der Waals surface area contributed by atoms with Gasteiger partial charge in [-0.15, -0.1) is 0 Å². The van der Waals surface area contributed by atoms with E-state index in [1.165, 1.54) is 5.56 Å². The standard InChI is InChI=1S/C18H22N6O4/c1-2-9-3-5-10(6-4-9)20-18-21-14-15(22-17(19)23-16(14)27)24(18)13-7-11(26)12(8-25)28-13/h3-6,11-13,25-26H,2,7-8H2,1H3,(H,20,21)(H3,19,22,23,27)/t11-,12+,13+/m0/s1. The van der Waals surface area contributed by atoms with Crippen LogP contribution in [-0.2, 0) is 11.2 Å². The Kier molecular flexibility index (Phi) is 4.75. The highest BCUT2D eigenvalue weighted by Crippen LogP contribution is 2.34. The molecule has 4 rings (SSSR count). The van der Waals surface area contributed by atoms with E-state index >= 15 is 0 Å². The number of aliphatic hydroxyl groups is 2. The number of aryl methyl sites for hydroxylation is 1. The van der Waals surface area contributed by atoms with Crippen LogP contribution in [0.4, 0.5) is 17.6 Å². The van der Waals surface area contributed by atoms with Crippen molar-refractivity contribution in [1.29, 1.82) is 0 Å².